The van der Waals surface area contributed by atoms with Gasteiger partial charge in [0.1, 0.15) is 41.6 Å². The molecule has 3 aromatic carbocycles. The normalized spacial score (nSPS) is 25.8. The van der Waals surface area contributed by atoms with Crippen LogP contribution in [0.1, 0.15) is 103 Å². The molecule has 5 amide bonds. The lowest BCUT2D eigenvalue weighted by Crippen LogP contribution is -2.74. The van der Waals surface area contributed by atoms with Crippen LogP contribution in [0.2, 0.25) is 0 Å². The van der Waals surface area contributed by atoms with Crippen molar-refractivity contribution in [1.82, 2.24) is 25.3 Å². The van der Waals surface area contributed by atoms with E-state index in [1.165, 1.54) is 7.11 Å². The van der Waals surface area contributed by atoms with Crippen LogP contribution >= 0.6 is 0 Å². The van der Waals surface area contributed by atoms with E-state index in [-0.39, 0.29) is 59.0 Å². The van der Waals surface area contributed by atoms with Gasteiger partial charge in [0, 0.05) is 105 Å². The maximum atomic E-state index is 13.7. The number of piperidine rings is 2. The lowest BCUT2D eigenvalue weighted by molar-refractivity contribution is -0.164. The predicted octanol–water partition coefficient (Wildman–Crippen LogP) is 5.04. The Labute approximate surface area is 398 Å². The number of nitrogens with zero attached hydrogens (tertiary/aromatic N) is 5. The van der Waals surface area contributed by atoms with Crippen molar-refractivity contribution in [1.29, 1.82) is 5.26 Å². The second-order valence-corrected chi connectivity index (χ2v) is 20.5. The molecule has 2 N–H and O–H groups in total. The van der Waals surface area contributed by atoms with E-state index < -0.39 is 29.7 Å². The molecule has 9 rings (SSSR count). The summed E-state index contributed by atoms with van der Waals surface area (Å²) in [5.41, 5.74) is 1.90. The number of imide groups is 2. The fraction of sp³-hybridized carbons (Fsp3) is 0.538. The van der Waals surface area contributed by atoms with E-state index in [0.717, 1.165) is 95.3 Å². The molecule has 0 bridgehead atoms. The van der Waals surface area contributed by atoms with Crippen molar-refractivity contribution in [3.8, 4) is 23.3 Å². The van der Waals surface area contributed by atoms with Gasteiger partial charge in [0.25, 0.3) is 17.7 Å². The lowest BCUT2D eigenvalue weighted by atomic mass is 9.49. The van der Waals surface area contributed by atoms with Crippen molar-refractivity contribution in [2.24, 2.45) is 16.7 Å². The lowest BCUT2D eigenvalue weighted by Gasteiger charge is -2.63. The first-order chi connectivity index (χ1) is 32.6. The molecule has 5 fully saturated rings. The number of methoxy groups -OCH3 is 1. The van der Waals surface area contributed by atoms with E-state index in [0.29, 0.717) is 40.3 Å². The minimum Gasteiger partial charge on any atom is -0.495 e. The van der Waals surface area contributed by atoms with Crippen LogP contribution in [0.5, 0.6) is 17.2 Å². The Morgan fingerprint density at radius 3 is 2.22 bits per heavy atom. The number of hydrogen-bond acceptors (Lipinski definition) is 13. The van der Waals surface area contributed by atoms with Crippen LogP contribution in [0.4, 0.5) is 5.69 Å². The summed E-state index contributed by atoms with van der Waals surface area (Å²) >= 11 is 0. The highest BCUT2D eigenvalue weighted by atomic mass is 16.5. The van der Waals surface area contributed by atoms with Gasteiger partial charge in [0.15, 0.2) is 0 Å². The summed E-state index contributed by atoms with van der Waals surface area (Å²) in [6.45, 7) is 16.6. The second kappa shape index (κ2) is 19.2. The van der Waals surface area contributed by atoms with Crippen molar-refractivity contribution in [3.05, 3.63) is 82.9 Å². The van der Waals surface area contributed by atoms with Crippen molar-refractivity contribution < 1.29 is 42.9 Å². The molecule has 3 aromatic rings. The molecule has 4 aliphatic heterocycles. The van der Waals surface area contributed by atoms with Crippen molar-refractivity contribution in [2.75, 3.05) is 71.0 Å². The summed E-state index contributed by atoms with van der Waals surface area (Å²) in [6.07, 6.45) is 3.79. The molecule has 2 aliphatic carbocycles. The Hall–Kier alpha value is -6.02. The second-order valence-electron chi connectivity index (χ2n) is 20.5. The molecule has 1 atom stereocenters. The minimum atomic E-state index is -1.01. The van der Waals surface area contributed by atoms with Crippen molar-refractivity contribution in [2.45, 2.75) is 96.6 Å². The summed E-state index contributed by atoms with van der Waals surface area (Å²) < 4.78 is 23.9. The number of hydrogen-bond donors (Lipinski definition) is 2. The third-order valence-electron chi connectivity index (χ3n) is 15.4. The number of anilines is 1. The Morgan fingerprint density at radius 1 is 0.868 bits per heavy atom. The monoisotopic (exact) mass is 929 g/mol. The Kier molecular flexibility index (Phi) is 13.3. The van der Waals surface area contributed by atoms with Gasteiger partial charge in [-0.25, -0.2) is 0 Å². The van der Waals surface area contributed by atoms with Gasteiger partial charge in [-0.2, -0.15) is 5.26 Å². The van der Waals surface area contributed by atoms with Crippen LogP contribution in [0.3, 0.4) is 0 Å². The first-order valence-corrected chi connectivity index (χ1v) is 24.1. The molecule has 16 nitrogen and oxygen atoms in total. The molecule has 6 aliphatic rings. The SMILES string of the molecule is COc1cc(OC2C(C)(C)C(NC(=O)c3ccc(N4CCC(CN(CCN5CCOCC5)C5CC(Oc6ccc7c(c6)C(=O)N(C6CCC(=O)NC6=O)C7=O)C5)CC4)cc3)C2(C)C)ccc1C#N. The highest BCUT2D eigenvalue weighted by Gasteiger charge is 2.64. The van der Waals surface area contributed by atoms with E-state index in [1.807, 2.05) is 12.1 Å². The molecule has 16 heteroatoms. The van der Waals surface area contributed by atoms with Crippen molar-refractivity contribution in [3.63, 3.8) is 0 Å². The van der Waals surface area contributed by atoms with E-state index in [2.05, 4.69) is 71.2 Å². The smallest absolute Gasteiger partial charge is 0.262 e. The highest BCUT2D eigenvalue weighted by Crippen LogP contribution is 2.55. The average molecular weight is 930 g/mol. The quantitative estimate of drug-likeness (QED) is 0.194. The number of rotatable bonds is 15. The largest absolute Gasteiger partial charge is 0.495 e. The zero-order chi connectivity index (χ0) is 47.9. The van der Waals surface area contributed by atoms with Gasteiger partial charge >= 0.3 is 0 Å². The van der Waals surface area contributed by atoms with Crippen LogP contribution in [0, 0.1) is 28.1 Å². The number of morpholine rings is 1. The Bertz CT molecular complexity index is 2450. The summed E-state index contributed by atoms with van der Waals surface area (Å²) in [5.74, 6) is -0.0773. The first-order valence-electron chi connectivity index (χ1n) is 24.1. The zero-order valence-corrected chi connectivity index (χ0v) is 39.8. The van der Waals surface area contributed by atoms with Gasteiger partial charge < -0.3 is 29.2 Å². The van der Waals surface area contributed by atoms with E-state index in [9.17, 15) is 29.2 Å². The molecular weight excluding hydrogens is 867 g/mol. The number of amides is 5. The maximum Gasteiger partial charge on any atom is 0.262 e. The van der Waals surface area contributed by atoms with Crippen LogP contribution in [-0.2, 0) is 14.3 Å². The highest BCUT2D eigenvalue weighted by molar-refractivity contribution is 6.23. The number of nitrogens with one attached hydrogen (secondary N) is 2. The summed E-state index contributed by atoms with van der Waals surface area (Å²) in [4.78, 5) is 73.1. The molecule has 68 heavy (non-hydrogen) atoms. The molecule has 1 unspecified atom stereocenters. The van der Waals surface area contributed by atoms with Crippen molar-refractivity contribution >= 4 is 35.2 Å². The van der Waals surface area contributed by atoms with Crippen LogP contribution in [0.15, 0.2) is 60.7 Å². The fourth-order valence-corrected chi connectivity index (χ4v) is 11.7. The van der Waals surface area contributed by atoms with Crippen LogP contribution in [-0.4, -0.2) is 141 Å². The standard InChI is InChI=1S/C52H63N7O9/c1-51(2)49(52(3,4)50(51)68-38-11-8-34(30-53)43(29-38)65-5)55-45(61)33-6-9-35(10-7-33)57-18-16-32(17-19-57)31-58(21-20-56-22-24-66-25-23-56)36-26-39(27-36)67-37-12-13-40-41(28-37)48(64)59(47(40)63)42-14-15-44(60)54-46(42)62/h6-13,28-29,32,36,39,42,49-50H,14-27,31H2,1-5H3,(H,55,61)(H,54,60,62). The molecular formula is C52H63N7O9. The third kappa shape index (κ3) is 9.28. The molecule has 2 saturated carbocycles. The average Bonchev–Trinajstić information content (AvgIpc) is 3.57. The molecule has 0 spiro atoms. The van der Waals surface area contributed by atoms with Gasteiger partial charge in [0.2, 0.25) is 11.8 Å². The summed E-state index contributed by atoms with van der Waals surface area (Å²) in [7, 11) is 1.53. The van der Waals surface area contributed by atoms with Gasteiger partial charge in [-0.15, -0.1) is 0 Å². The number of ether oxygens (including phenoxy) is 4. The van der Waals surface area contributed by atoms with E-state index in [1.54, 1.807) is 36.4 Å². The number of nitriles is 1. The summed E-state index contributed by atoms with van der Waals surface area (Å²) in [6, 6.07) is 19.5. The Morgan fingerprint density at radius 2 is 1.54 bits per heavy atom. The maximum absolute atomic E-state index is 13.7. The minimum absolute atomic E-state index is 0.0305. The van der Waals surface area contributed by atoms with Crippen LogP contribution in [0.25, 0.3) is 0 Å². The Balaban J connectivity index is 0.767. The van der Waals surface area contributed by atoms with Gasteiger partial charge in [0.05, 0.1) is 37.0 Å². The zero-order valence-electron chi connectivity index (χ0n) is 39.8. The van der Waals surface area contributed by atoms with Gasteiger partial charge in [-0.1, -0.05) is 27.7 Å². The molecule has 4 heterocycles. The first kappa shape index (κ1) is 47.1. The molecule has 3 saturated heterocycles. The predicted molar refractivity (Wildman–Crippen MR) is 252 cm³/mol. The molecule has 0 aromatic heterocycles. The summed E-state index contributed by atoms with van der Waals surface area (Å²) in [5, 5.41) is 15.0. The molecule has 360 valence electrons. The number of carbonyl (C=O) groups is 5. The van der Waals surface area contributed by atoms with E-state index >= 15 is 0 Å². The number of fused-ring (bicyclic) bond motifs is 1. The topological polar surface area (TPSA) is 183 Å². The van der Waals surface area contributed by atoms with Crippen LogP contribution < -0.4 is 29.7 Å². The van der Waals surface area contributed by atoms with Gasteiger partial charge in [-0.05, 0) is 79.8 Å². The van der Waals surface area contributed by atoms with E-state index in [4.69, 9.17) is 18.9 Å². The van der Waals surface area contributed by atoms with Gasteiger partial charge in [-0.3, -0.25) is 44.0 Å². The third-order valence-corrected chi connectivity index (χ3v) is 15.4. The number of carbonyl (C=O) groups excluding carboxylic acids is 5. The number of benzene rings is 3. The fourth-order valence-electron chi connectivity index (χ4n) is 11.7. The molecule has 0 radical (unpaired) electrons.